The van der Waals surface area contributed by atoms with Gasteiger partial charge in [-0.2, -0.15) is 0 Å². The molecule has 2 aromatic rings. The number of rotatable bonds is 3. The molecule has 0 aliphatic rings. The van der Waals surface area contributed by atoms with Gasteiger partial charge in [0.1, 0.15) is 0 Å². The summed E-state index contributed by atoms with van der Waals surface area (Å²) in [5.74, 6) is -0.0425. The van der Waals surface area contributed by atoms with Crippen LogP contribution < -0.4 is 10.6 Å². The minimum absolute atomic E-state index is 0.0365. The summed E-state index contributed by atoms with van der Waals surface area (Å²) in [5, 5.41) is 11.6. The molecule has 0 saturated carbocycles. The number of carbonyl (C=O) groups excluding carboxylic acids is 1. The van der Waals surface area contributed by atoms with Crippen molar-refractivity contribution in [1.82, 2.24) is 0 Å². The smallest absolute Gasteiger partial charge is 0.258 e. The van der Waals surface area contributed by atoms with Crippen LogP contribution in [-0.2, 0) is 0 Å². The first-order valence-electron chi connectivity index (χ1n) is 6.46. The van der Waals surface area contributed by atoms with Crippen molar-refractivity contribution in [1.29, 1.82) is 0 Å². The number of aryl methyl sites for hydroxylation is 1. The van der Waals surface area contributed by atoms with Gasteiger partial charge < -0.3 is 15.8 Å². The molecule has 2 rings (SSSR count). The second kappa shape index (κ2) is 6.09. The third-order valence-corrected chi connectivity index (χ3v) is 3.34. The second-order valence-corrected chi connectivity index (χ2v) is 4.71. The molecule has 3 N–H and O–H groups in total. The van der Waals surface area contributed by atoms with Crippen molar-refractivity contribution in [2.45, 2.75) is 6.92 Å². The van der Waals surface area contributed by atoms with Gasteiger partial charge in [0.05, 0.1) is 0 Å². The molecule has 0 unspecified atom stereocenters. The van der Waals surface area contributed by atoms with E-state index < -0.39 is 0 Å². The first-order chi connectivity index (χ1) is 10.0. The fourth-order valence-electron chi connectivity index (χ4n) is 2.02. The zero-order valence-corrected chi connectivity index (χ0v) is 11.9. The molecule has 0 radical (unpaired) electrons. The average Bonchev–Trinajstić information content (AvgIpc) is 2.53. The van der Waals surface area contributed by atoms with Crippen LogP contribution in [0.15, 0.2) is 53.7 Å². The minimum atomic E-state index is -0.0790. The molecule has 0 atom stereocenters. The monoisotopic (exact) mass is 283 g/mol. The van der Waals surface area contributed by atoms with Crippen molar-refractivity contribution in [2.24, 2.45) is 10.9 Å². The van der Waals surface area contributed by atoms with Gasteiger partial charge in [-0.1, -0.05) is 23.4 Å². The van der Waals surface area contributed by atoms with E-state index in [1.165, 1.54) is 0 Å². The van der Waals surface area contributed by atoms with Crippen LogP contribution >= 0.6 is 0 Å². The van der Waals surface area contributed by atoms with E-state index in [1.807, 2.05) is 25.1 Å². The van der Waals surface area contributed by atoms with E-state index in [2.05, 4.69) is 5.16 Å². The Morgan fingerprint density at radius 3 is 2.33 bits per heavy atom. The summed E-state index contributed by atoms with van der Waals surface area (Å²) >= 11 is 0. The maximum atomic E-state index is 12.5. The summed E-state index contributed by atoms with van der Waals surface area (Å²) < 4.78 is 0. The Morgan fingerprint density at radius 2 is 1.76 bits per heavy atom. The van der Waals surface area contributed by atoms with Crippen LogP contribution in [0.1, 0.15) is 21.5 Å². The normalized spacial score (nSPS) is 11.2. The van der Waals surface area contributed by atoms with Gasteiger partial charge in [-0.05, 0) is 42.8 Å². The number of hydrogen-bond acceptors (Lipinski definition) is 3. The molecular weight excluding hydrogens is 266 g/mol. The van der Waals surface area contributed by atoms with Crippen molar-refractivity contribution in [3.8, 4) is 0 Å². The summed E-state index contributed by atoms with van der Waals surface area (Å²) in [5.41, 5.74) is 8.44. The lowest BCUT2D eigenvalue weighted by molar-refractivity contribution is 0.0992. The maximum absolute atomic E-state index is 12.5. The summed E-state index contributed by atoms with van der Waals surface area (Å²) in [4.78, 5) is 14.0. The Hall–Kier alpha value is -2.82. The quantitative estimate of drug-likeness (QED) is 0.393. The summed E-state index contributed by atoms with van der Waals surface area (Å²) in [6.45, 7) is 1.91. The van der Waals surface area contributed by atoms with Gasteiger partial charge in [-0.25, -0.2) is 0 Å². The van der Waals surface area contributed by atoms with E-state index in [4.69, 9.17) is 10.9 Å². The van der Waals surface area contributed by atoms with Gasteiger partial charge in [0.2, 0.25) is 0 Å². The zero-order chi connectivity index (χ0) is 15.4. The van der Waals surface area contributed by atoms with Crippen LogP contribution in [0.5, 0.6) is 0 Å². The van der Waals surface area contributed by atoms with Crippen LogP contribution in [0.2, 0.25) is 0 Å². The third-order valence-electron chi connectivity index (χ3n) is 3.34. The zero-order valence-electron chi connectivity index (χ0n) is 11.9. The minimum Gasteiger partial charge on any atom is -0.409 e. The largest absolute Gasteiger partial charge is 0.409 e. The lowest BCUT2D eigenvalue weighted by Crippen LogP contribution is -2.27. The molecule has 0 aliphatic carbocycles. The van der Waals surface area contributed by atoms with Gasteiger partial charge in [0, 0.05) is 23.9 Å². The van der Waals surface area contributed by atoms with E-state index >= 15 is 0 Å². The number of oxime groups is 1. The van der Waals surface area contributed by atoms with Crippen LogP contribution in [0.4, 0.5) is 5.69 Å². The van der Waals surface area contributed by atoms with Crippen LogP contribution in [0, 0.1) is 6.92 Å². The molecule has 0 heterocycles. The van der Waals surface area contributed by atoms with Crippen molar-refractivity contribution in [2.75, 3.05) is 11.9 Å². The van der Waals surface area contributed by atoms with E-state index in [9.17, 15) is 4.79 Å². The Labute approximate surface area is 123 Å². The summed E-state index contributed by atoms with van der Waals surface area (Å²) in [7, 11) is 1.72. The number of nitrogens with zero attached hydrogens (tertiary/aromatic N) is 2. The highest BCUT2D eigenvalue weighted by Gasteiger charge is 2.15. The third kappa shape index (κ3) is 3.02. The molecule has 0 aromatic heterocycles. The molecule has 5 heteroatoms. The fraction of sp³-hybridized carbons (Fsp3) is 0.125. The second-order valence-electron chi connectivity index (χ2n) is 4.71. The van der Waals surface area contributed by atoms with Crippen molar-refractivity contribution in [3.63, 3.8) is 0 Å². The van der Waals surface area contributed by atoms with Crippen molar-refractivity contribution in [3.05, 3.63) is 65.2 Å². The number of carbonyl (C=O) groups is 1. The molecule has 0 bridgehead atoms. The predicted molar refractivity (Wildman–Crippen MR) is 82.9 cm³/mol. The van der Waals surface area contributed by atoms with Crippen molar-refractivity contribution < 1.29 is 10.0 Å². The highest BCUT2D eigenvalue weighted by atomic mass is 16.4. The molecule has 108 valence electrons. The van der Waals surface area contributed by atoms with E-state index in [0.717, 1.165) is 11.3 Å². The fourth-order valence-corrected chi connectivity index (χ4v) is 2.02. The molecule has 2 aromatic carbocycles. The Bertz CT molecular complexity index is 678. The topological polar surface area (TPSA) is 78.9 Å². The van der Waals surface area contributed by atoms with Crippen LogP contribution in [-0.4, -0.2) is 24.0 Å². The van der Waals surface area contributed by atoms with Gasteiger partial charge in [-0.15, -0.1) is 0 Å². The van der Waals surface area contributed by atoms with E-state index in [-0.39, 0.29) is 11.7 Å². The Balaban J connectivity index is 2.26. The number of hydrogen-bond donors (Lipinski definition) is 2. The molecule has 1 amide bonds. The van der Waals surface area contributed by atoms with Gasteiger partial charge in [0.25, 0.3) is 5.91 Å². The van der Waals surface area contributed by atoms with E-state index in [0.29, 0.717) is 11.1 Å². The predicted octanol–water partition coefficient (Wildman–Crippen LogP) is 2.37. The van der Waals surface area contributed by atoms with Crippen LogP contribution in [0.25, 0.3) is 0 Å². The first kappa shape index (κ1) is 14.6. The van der Waals surface area contributed by atoms with Crippen molar-refractivity contribution >= 4 is 17.4 Å². The molecular formula is C16H17N3O2. The SMILES string of the molecule is Cc1ccccc1C(=O)N(C)c1ccc(C(N)=NO)cc1. The average molecular weight is 283 g/mol. The lowest BCUT2D eigenvalue weighted by atomic mass is 10.1. The van der Waals surface area contributed by atoms with Crippen LogP contribution in [0.3, 0.4) is 0 Å². The Morgan fingerprint density at radius 1 is 1.14 bits per heavy atom. The number of amides is 1. The first-order valence-corrected chi connectivity index (χ1v) is 6.46. The lowest BCUT2D eigenvalue weighted by Gasteiger charge is -2.18. The maximum Gasteiger partial charge on any atom is 0.258 e. The van der Waals surface area contributed by atoms with Gasteiger partial charge >= 0.3 is 0 Å². The highest BCUT2D eigenvalue weighted by molar-refractivity contribution is 6.07. The van der Waals surface area contributed by atoms with Gasteiger partial charge in [0.15, 0.2) is 5.84 Å². The molecule has 0 saturated heterocycles. The number of benzene rings is 2. The Kier molecular flexibility index (Phi) is 4.23. The van der Waals surface area contributed by atoms with E-state index in [1.54, 1.807) is 42.3 Å². The number of anilines is 1. The molecule has 21 heavy (non-hydrogen) atoms. The summed E-state index contributed by atoms with van der Waals surface area (Å²) in [6.07, 6.45) is 0. The number of amidine groups is 1. The highest BCUT2D eigenvalue weighted by Crippen LogP contribution is 2.18. The molecule has 0 fully saturated rings. The molecule has 5 nitrogen and oxygen atoms in total. The molecule has 0 aliphatic heterocycles. The number of nitrogens with two attached hydrogens (primary N) is 1. The molecule has 0 spiro atoms. The van der Waals surface area contributed by atoms with Gasteiger partial charge in [-0.3, -0.25) is 4.79 Å². The standard InChI is InChI=1S/C16H17N3O2/c1-11-5-3-4-6-14(11)16(20)19(2)13-9-7-12(8-10-13)15(17)18-21/h3-10,21H,1-2H3,(H2,17,18). The summed E-state index contributed by atoms with van der Waals surface area (Å²) in [6, 6.07) is 14.4.